The van der Waals surface area contributed by atoms with Crippen molar-refractivity contribution in [3.63, 3.8) is 0 Å². The summed E-state index contributed by atoms with van der Waals surface area (Å²) in [7, 11) is 0. The van der Waals surface area contributed by atoms with Gasteiger partial charge in [-0.2, -0.15) is 0 Å². The van der Waals surface area contributed by atoms with E-state index in [1.54, 1.807) is 0 Å². The molecule has 1 heterocycles. The van der Waals surface area contributed by atoms with Crippen LogP contribution >= 0.6 is 15.9 Å². The number of halogens is 1. The smallest absolute Gasteiger partial charge is 0.0928 e. The van der Waals surface area contributed by atoms with Crippen LogP contribution < -0.4 is 11.1 Å². The first kappa shape index (κ1) is 9.59. The van der Waals surface area contributed by atoms with Gasteiger partial charge in [-0.3, -0.25) is 0 Å². The van der Waals surface area contributed by atoms with Crippen molar-refractivity contribution in [2.45, 2.75) is 12.3 Å². The van der Waals surface area contributed by atoms with Gasteiger partial charge < -0.3 is 11.1 Å². The molecule has 1 aromatic rings. The molecule has 74 valence electrons. The standard InChI is InChI=1S/C11H13BrN2/c1-11(6-10(13)14-7-11)8-2-4-9(12)5-3-8/h2-6,14H,7,13H2,1H3/t11-/m1/s1. The maximum atomic E-state index is 5.72. The molecule has 0 bridgehead atoms. The quantitative estimate of drug-likeness (QED) is 0.804. The molecule has 0 amide bonds. The summed E-state index contributed by atoms with van der Waals surface area (Å²) < 4.78 is 1.10. The molecule has 0 fully saturated rings. The Kier molecular flexibility index (Phi) is 2.27. The summed E-state index contributed by atoms with van der Waals surface area (Å²) >= 11 is 3.43. The van der Waals surface area contributed by atoms with Gasteiger partial charge >= 0.3 is 0 Å². The molecule has 2 nitrogen and oxygen atoms in total. The average Bonchev–Trinajstić information content (AvgIpc) is 2.48. The van der Waals surface area contributed by atoms with Gasteiger partial charge in [-0.25, -0.2) is 0 Å². The number of rotatable bonds is 1. The second-order valence-corrected chi connectivity index (χ2v) is 4.79. The van der Waals surface area contributed by atoms with Gasteiger partial charge in [0.1, 0.15) is 0 Å². The first-order valence-corrected chi connectivity index (χ1v) is 5.38. The van der Waals surface area contributed by atoms with Gasteiger partial charge in [-0.1, -0.05) is 35.0 Å². The van der Waals surface area contributed by atoms with E-state index in [2.05, 4.69) is 58.5 Å². The van der Waals surface area contributed by atoms with Crippen molar-refractivity contribution in [3.05, 3.63) is 46.2 Å². The zero-order valence-electron chi connectivity index (χ0n) is 8.05. The Hall–Kier alpha value is -0.960. The van der Waals surface area contributed by atoms with Crippen molar-refractivity contribution in [1.29, 1.82) is 0 Å². The maximum absolute atomic E-state index is 5.72. The van der Waals surface area contributed by atoms with Crippen LogP contribution in [-0.2, 0) is 5.41 Å². The molecule has 1 aliphatic rings. The van der Waals surface area contributed by atoms with Gasteiger partial charge in [0.15, 0.2) is 0 Å². The summed E-state index contributed by atoms with van der Waals surface area (Å²) in [6.45, 7) is 3.06. The zero-order valence-corrected chi connectivity index (χ0v) is 9.64. The second-order valence-electron chi connectivity index (χ2n) is 3.88. The van der Waals surface area contributed by atoms with Crippen LogP contribution in [0.15, 0.2) is 40.6 Å². The van der Waals surface area contributed by atoms with Gasteiger partial charge in [-0.05, 0) is 23.8 Å². The summed E-state index contributed by atoms with van der Waals surface area (Å²) in [5.41, 5.74) is 7.04. The van der Waals surface area contributed by atoms with Crippen molar-refractivity contribution in [2.75, 3.05) is 6.54 Å². The summed E-state index contributed by atoms with van der Waals surface area (Å²) in [6, 6.07) is 8.37. The summed E-state index contributed by atoms with van der Waals surface area (Å²) in [5, 5.41) is 3.15. The lowest BCUT2D eigenvalue weighted by molar-refractivity contribution is 0.601. The molecule has 0 aliphatic carbocycles. The molecule has 3 heteroatoms. The van der Waals surface area contributed by atoms with Crippen LogP contribution in [-0.4, -0.2) is 6.54 Å². The lowest BCUT2D eigenvalue weighted by atomic mass is 9.84. The summed E-state index contributed by atoms with van der Waals surface area (Å²) in [4.78, 5) is 0. The maximum Gasteiger partial charge on any atom is 0.0928 e. The highest BCUT2D eigenvalue weighted by Crippen LogP contribution is 2.29. The molecule has 0 spiro atoms. The topological polar surface area (TPSA) is 38.0 Å². The van der Waals surface area contributed by atoms with E-state index in [0.717, 1.165) is 16.8 Å². The zero-order chi connectivity index (χ0) is 10.2. The van der Waals surface area contributed by atoms with Crippen LogP contribution in [0, 0.1) is 0 Å². The van der Waals surface area contributed by atoms with Crippen LogP contribution in [0.2, 0.25) is 0 Å². The van der Waals surface area contributed by atoms with Crippen LogP contribution in [0.25, 0.3) is 0 Å². The number of nitrogens with one attached hydrogen (secondary N) is 1. The minimum Gasteiger partial charge on any atom is -0.386 e. The van der Waals surface area contributed by atoms with E-state index in [-0.39, 0.29) is 5.41 Å². The Balaban J connectivity index is 2.35. The van der Waals surface area contributed by atoms with E-state index in [1.807, 2.05) is 0 Å². The fourth-order valence-electron chi connectivity index (χ4n) is 1.75. The summed E-state index contributed by atoms with van der Waals surface area (Å²) in [5.74, 6) is 0.774. The fourth-order valence-corrected chi connectivity index (χ4v) is 2.01. The number of benzene rings is 1. The molecule has 0 radical (unpaired) electrons. The van der Waals surface area contributed by atoms with Crippen LogP contribution in [0.5, 0.6) is 0 Å². The second kappa shape index (κ2) is 3.31. The van der Waals surface area contributed by atoms with E-state index in [1.165, 1.54) is 5.56 Å². The van der Waals surface area contributed by atoms with E-state index >= 15 is 0 Å². The molecular formula is C11H13BrN2. The number of nitrogens with two attached hydrogens (primary N) is 1. The minimum absolute atomic E-state index is 0.0325. The third-order valence-electron chi connectivity index (χ3n) is 2.64. The predicted octanol–water partition coefficient (Wildman–Crippen LogP) is 2.11. The first-order valence-electron chi connectivity index (χ1n) is 4.58. The molecule has 0 saturated carbocycles. The van der Waals surface area contributed by atoms with Crippen LogP contribution in [0.1, 0.15) is 12.5 Å². The highest BCUT2D eigenvalue weighted by atomic mass is 79.9. The van der Waals surface area contributed by atoms with E-state index in [4.69, 9.17) is 5.73 Å². The largest absolute Gasteiger partial charge is 0.386 e. The molecule has 0 saturated heterocycles. The lowest BCUT2D eigenvalue weighted by Crippen LogP contribution is -2.26. The molecular weight excluding hydrogens is 240 g/mol. The highest BCUT2D eigenvalue weighted by Gasteiger charge is 2.28. The number of hydrogen-bond acceptors (Lipinski definition) is 2. The van der Waals surface area contributed by atoms with Gasteiger partial charge in [-0.15, -0.1) is 0 Å². The van der Waals surface area contributed by atoms with Gasteiger partial charge in [0, 0.05) is 16.4 Å². The third-order valence-corrected chi connectivity index (χ3v) is 3.17. The summed E-state index contributed by atoms with van der Waals surface area (Å²) in [6.07, 6.45) is 2.08. The molecule has 14 heavy (non-hydrogen) atoms. The molecule has 1 aromatic carbocycles. The lowest BCUT2D eigenvalue weighted by Gasteiger charge is -2.21. The number of hydrogen-bond donors (Lipinski definition) is 2. The molecule has 2 rings (SSSR count). The Morgan fingerprint density at radius 3 is 2.50 bits per heavy atom. The highest BCUT2D eigenvalue weighted by molar-refractivity contribution is 9.10. The van der Waals surface area contributed by atoms with Gasteiger partial charge in [0.25, 0.3) is 0 Å². The van der Waals surface area contributed by atoms with Crippen LogP contribution in [0.4, 0.5) is 0 Å². The van der Waals surface area contributed by atoms with E-state index < -0.39 is 0 Å². The van der Waals surface area contributed by atoms with Crippen molar-refractivity contribution in [2.24, 2.45) is 5.73 Å². The minimum atomic E-state index is 0.0325. The Bertz CT molecular complexity index is 369. The van der Waals surface area contributed by atoms with Crippen molar-refractivity contribution in [1.82, 2.24) is 5.32 Å². The Morgan fingerprint density at radius 2 is 2.00 bits per heavy atom. The van der Waals surface area contributed by atoms with Crippen molar-refractivity contribution < 1.29 is 0 Å². The normalized spacial score (nSPS) is 25.7. The molecule has 3 N–H and O–H groups in total. The molecule has 0 aromatic heterocycles. The monoisotopic (exact) mass is 252 g/mol. The molecule has 0 unspecified atom stereocenters. The van der Waals surface area contributed by atoms with Crippen LogP contribution in [0.3, 0.4) is 0 Å². The van der Waals surface area contributed by atoms with E-state index in [0.29, 0.717) is 0 Å². The van der Waals surface area contributed by atoms with Crippen molar-refractivity contribution >= 4 is 15.9 Å². The first-order chi connectivity index (χ1) is 6.60. The van der Waals surface area contributed by atoms with Gasteiger partial charge in [0.05, 0.1) is 5.82 Å². The Morgan fingerprint density at radius 1 is 1.36 bits per heavy atom. The molecule has 1 aliphatic heterocycles. The van der Waals surface area contributed by atoms with Gasteiger partial charge in [0.2, 0.25) is 0 Å². The molecule has 1 atom stereocenters. The van der Waals surface area contributed by atoms with E-state index in [9.17, 15) is 0 Å². The van der Waals surface area contributed by atoms with Crippen molar-refractivity contribution in [3.8, 4) is 0 Å². The third kappa shape index (κ3) is 1.64. The predicted molar refractivity (Wildman–Crippen MR) is 61.8 cm³/mol. The SMILES string of the molecule is C[C@@]1(c2ccc(Br)cc2)C=C(N)NC1. The average molecular weight is 253 g/mol. The fraction of sp³-hybridized carbons (Fsp3) is 0.273. The Labute approximate surface area is 92.3 Å².